The van der Waals surface area contributed by atoms with E-state index in [1.54, 1.807) is 0 Å². The average molecular weight is 317 g/mol. The van der Waals surface area contributed by atoms with Gasteiger partial charge >= 0.3 is 0 Å². The lowest BCUT2D eigenvalue weighted by Crippen LogP contribution is -2.37. The molecule has 2 atom stereocenters. The fourth-order valence-corrected chi connectivity index (χ4v) is 3.92. The van der Waals surface area contributed by atoms with Crippen LogP contribution in [0.3, 0.4) is 0 Å². The van der Waals surface area contributed by atoms with Crippen LogP contribution < -0.4 is 5.32 Å². The van der Waals surface area contributed by atoms with Crippen LogP contribution in [0.15, 0.2) is 15.9 Å². The maximum atomic E-state index is 3.67. The molecule has 1 N–H and O–H groups in total. The molecule has 0 aliphatic carbocycles. The molecule has 0 spiro atoms. The second kappa shape index (κ2) is 6.32. The monoisotopic (exact) mass is 316 g/mol. The number of nitrogens with zero attached hydrogens (tertiary/aromatic N) is 1. The summed E-state index contributed by atoms with van der Waals surface area (Å²) in [6.45, 7) is 5.91. The van der Waals surface area contributed by atoms with Gasteiger partial charge < -0.3 is 10.2 Å². The molecule has 1 aliphatic heterocycles. The molecular formula is C13H21BrN2S. The number of rotatable bonds is 4. The van der Waals surface area contributed by atoms with Gasteiger partial charge in [0.2, 0.25) is 0 Å². The lowest BCUT2D eigenvalue weighted by molar-refractivity contribution is 0.203. The van der Waals surface area contributed by atoms with Gasteiger partial charge in [-0.15, -0.1) is 11.3 Å². The molecule has 0 amide bonds. The third-order valence-electron chi connectivity index (χ3n) is 3.45. The molecule has 0 aromatic carbocycles. The standard InChI is InChI=1S/C13H21BrN2S/c1-10(13-6-12(14)9-17-13)15-7-11-4-3-5-16(2)8-11/h6,9-11,15H,3-5,7-8H2,1-2H3. The topological polar surface area (TPSA) is 15.3 Å². The van der Waals surface area contributed by atoms with Crippen molar-refractivity contribution in [3.05, 3.63) is 20.8 Å². The first-order chi connectivity index (χ1) is 8.15. The van der Waals surface area contributed by atoms with E-state index in [9.17, 15) is 0 Å². The van der Waals surface area contributed by atoms with Crippen LogP contribution >= 0.6 is 27.3 Å². The van der Waals surface area contributed by atoms with Gasteiger partial charge in [-0.25, -0.2) is 0 Å². The van der Waals surface area contributed by atoms with Crippen molar-refractivity contribution in [2.75, 3.05) is 26.7 Å². The molecule has 0 radical (unpaired) electrons. The summed E-state index contributed by atoms with van der Waals surface area (Å²) in [5, 5.41) is 5.82. The second-order valence-corrected chi connectivity index (χ2v) is 6.93. The molecule has 2 heterocycles. The Hall–Kier alpha value is 0.1000. The molecule has 0 saturated carbocycles. The number of likely N-dealkylation sites (tertiary alicyclic amines) is 1. The number of hydrogen-bond acceptors (Lipinski definition) is 3. The molecule has 1 aromatic rings. The summed E-state index contributed by atoms with van der Waals surface area (Å²) < 4.78 is 1.20. The Morgan fingerprint density at radius 1 is 1.65 bits per heavy atom. The molecule has 2 rings (SSSR count). The lowest BCUT2D eigenvalue weighted by atomic mass is 9.98. The predicted octanol–water partition coefficient (Wildman–Crippen LogP) is 3.50. The minimum absolute atomic E-state index is 0.471. The maximum absolute atomic E-state index is 3.67. The number of nitrogens with one attached hydrogen (secondary N) is 1. The average Bonchev–Trinajstić information content (AvgIpc) is 2.73. The van der Waals surface area contributed by atoms with Crippen molar-refractivity contribution < 1.29 is 0 Å². The second-order valence-electron chi connectivity index (χ2n) is 5.07. The Morgan fingerprint density at radius 3 is 3.12 bits per heavy atom. The molecule has 1 aromatic heterocycles. The molecule has 1 aliphatic rings. The zero-order chi connectivity index (χ0) is 12.3. The lowest BCUT2D eigenvalue weighted by Gasteiger charge is -2.30. The molecule has 4 heteroatoms. The quantitative estimate of drug-likeness (QED) is 0.914. The van der Waals surface area contributed by atoms with Crippen molar-refractivity contribution >= 4 is 27.3 Å². The summed E-state index contributed by atoms with van der Waals surface area (Å²) in [5.41, 5.74) is 0. The largest absolute Gasteiger partial charge is 0.309 e. The number of halogens is 1. The molecular weight excluding hydrogens is 296 g/mol. The summed E-state index contributed by atoms with van der Waals surface area (Å²) >= 11 is 5.34. The smallest absolute Gasteiger partial charge is 0.0386 e. The third kappa shape index (κ3) is 4.05. The molecule has 0 bridgehead atoms. The van der Waals surface area contributed by atoms with E-state index in [0.29, 0.717) is 6.04 Å². The van der Waals surface area contributed by atoms with Crippen LogP contribution in [-0.2, 0) is 0 Å². The van der Waals surface area contributed by atoms with Crippen molar-refractivity contribution in [1.29, 1.82) is 0 Å². The highest BCUT2D eigenvalue weighted by Gasteiger charge is 2.18. The molecule has 1 fully saturated rings. The van der Waals surface area contributed by atoms with Crippen LogP contribution in [0.1, 0.15) is 30.7 Å². The van der Waals surface area contributed by atoms with Gasteiger partial charge in [-0.05, 0) is 67.8 Å². The van der Waals surface area contributed by atoms with Crippen LogP contribution in [0.2, 0.25) is 0 Å². The van der Waals surface area contributed by atoms with Gasteiger partial charge in [-0.2, -0.15) is 0 Å². The number of hydrogen-bond donors (Lipinski definition) is 1. The molecule has 96 valence electrons. The van der Waals surface area contributed by atoms with Crippen molar-refractivity contribution in [2.24, 2.45) is 5.92 Å². The van der Waals surface area contributed by atoms with Crippen molar-refractivity contribution in [2.45, 2.75) is 25.8 Å². The van der Waals surface area contributed by atoms with E-state index in [1.165, 1.54) is 35.3 Å². The Morgan fingerprint density at radius 2 is 2.47 bits per heavy atom. The number of thiophene rings is 1. The van der Waals surface area contributed by atoms with E-state index >= 15 is 0 Å². The molecule has 2 unspecified atom stereocenters. The SMILES string of the molecule is CC(NCC1CCCN(C)C1)c1cc(Br)cs1. The highest BCUT2D eigenvalue weighted by Crippen LogP contribution is 2.25. The zero-order valence-corrected chi connectivity index (χ0v) is 13.0. The van der Waals surface area contributed by atoms with E-state index in [4.69, 9.17) is 0 Å². The highest BCUT2D eigenvalue weighted by atomic mass is 79.9. The van der Waals surface area contributed by atoms with Gasteiger partial charge in [0.05, 0.1) is 0 Å². The summed E-state index contributed by atoms with van der Waals surface area (Å²) in [5.74, 6) is 0.819. The fourth-order valence-electron chi connectivity index (χ4n) is 2.44. The molecule has 17 heavy (non-hydrogen) atoms. The van der Waals surface area contributed by atoms with Gasteiger partial charge in [0, 0.05) is 27.3 Å². The maximum Gasteiger partial charge on any atom is 0.0386 e. The van der Waals surface area contributed by atoms with Gasteiger partial charge in [-0.3, -0.25) is 0 Å². The van der Waals surface area contributed by atoms with E-state index < -0.39 is 0 Å². The summed E-state index contributed by atoms with van der Waals surface area (Å²) in [7, 11) is 2.23. The zero-order valence-electron chi connectivity index (χ0n) is 10.6. The van der Waals surface area contributed by atoms with Crippen LogP contribution in [-0.4, -0.2) is 31.6 Å². The van der Waals surface area contributed by atoms with E-state index in [1.807, 2.05) is 11.3 Å². The Bertz CT molecular complexity index is 353. The Balaban J connectivity index is 1.77. The first-order valence-corrected chi connectivity index (χ1v) is 7.98. The summed E-state index contributed by atoms with van der Waals surface area (Å²) in [6.07, 6.45) is 2.72. The minimum atomic E-state index is 0.471. The van der Waals surface area contributed by atoms with Crippen molar-refractivity contribution in [1.82, 2.24) is 10.2 Å². The van der Waals surface area contributed by atoms with Crippen molar-refractivity contribution in [3.8, 4) is 0 Å². The van der Waals surface area contributed by atoms with Crippen LogP contribution in [0.25, 0.3) is 0 Å². The predicted molar refractivity (Wildman–Crippen MR) is 78.7 cm³/mol. The van der Waals surface area contributed by atoms with Crippen LogP contribution in [0, 0.1) is 5.92 Å². The first kappa shape index (κ1) is 13.5. The van der Waals surface area contributed by atoms with Crippen LogP contribution in [0.4, 0.5) is 0 Å². The normalized spacial score (nSPS) is 23.8. The van der Waals surface area contributed by atoms with Gasteiger partial charge in [-0.1, -0.05) is 0 Å². The summed E-state index contributed by atoms with van der Waals surface area (Å²) in [4.78, 5) is 3.86. The van der Waals surface area contributed by atoms with Gasteiger partial charge in [0.15, 0.2) is 0 Å². The van der Waals surface area contributed by atoms with E-state index in [0.717, 1.165) is 12.5 Å². The van der Waals surface area contributed by atoms with E-state index in [-0.39, 0.29) is 0 Å². The highest BCUT2D eigenvalue weighted by molar-refractivity contribution is 9.10. The fraction of sp³-hybridized carbons (Fsp3) is 0.692. The van der Waals surface area contributed by atoms with E-state index in [2.05, 4.69) is 51.6 Å². The van der Waals surface area contributed by atoms with Crippen LogP contribution in [0.5, 0.6) is 0 Å². The number of piperidine rings is 1. The van der Waals surface area contributed by atoms with Gasteiger partial charge in [0.1, 0.15) is 0 Å². The third-order valence-corrected chi connectivity index (χ3v) is 5.33. The molecule has 2 nitrogen and oxygen atoms in total. The van der Waals surface area contributed by atoms with Gasteiger partial charge in [0.25, 0.3) is 0 Å². The van der Waals surface area contributed by atoms with Crippen molar-refractivity contribution in [3.63, 3.8) is 0 Å². The minimum Gasteiger partial charge on any atom is -0.309 e. The Kier molecular flexibility index (Phi) is 5.03. The molecule has 1 saturated heterocycles. The summed E-state index contributed by atoms with van der Waals surface area (Å²) in [6, 6.07) is 2.69. The Labute approximate surface area is 117 Å². The first-order valence-electron chi connectivity index (χ1n) is 6.31.